The van der Waals surface area contributed by atoms with Crippen LogP contribution in [-0.4, -0.2) is 15.9 Å². The van der Waals surface area contributed by atoms with Crippen LogP contribution in [0.4, 0.5) is 4.39 Å². The molecule has 1 aromatic heterocycles. The van der Waals surface area contributed by atoms with E-state index in [0.29, 0.717) is 0 Å². The second kappa shape index (κ2) is 16.6. The summed E-state index contributed by atoms with van der Waals surface area (Å²) in [5.41, 5.74) is 6.19. The first-order chi connectivity index (χ1) is 21.2. The van der Waals surface area contributed by atoms with Crippen LogP contribution in [0.5, 0.6) is 0 Å². The number of halogens is 1. The zero-order valence-electron chi connectivity index (χ0n) is 27.1. The molecule has 1 heterocycles. The number of ketones is 1. The largest absolute Gasteiger partial charge is 0.512 e. The minimum absolute atomic E-state index is 0. The number of allylic oxidation sites excluding steroid dienone is 2. The van der Waals surface area contributed by atoms with Crippen LogP contribution in [0.1, 0.15) is 64.5 Å². The number of rotatable bonds is 9. The Labute approximate surface area is 281 Å². The first kappa shape index (κ1) is 35.8. The molecule has 0 aliphatic carbocycles. The molecule has 1 N–H and O–H groups in total. The van der Waals surface area contributed by atoms with E-state index in [9.17, 15) is 14.3 Å². The Bertz CT molecular complexity index is 1750. The Morgan fingerprint density at radius 3 is 2.16 bits per heavy atom. The third-order valence-corrected chi connectivity index (χ3v) is 8.39. The Morgan fingerprint density at radius 1 is 0.867 bits per heavy atom. The molecule has 0 spiro atoms. The van der Waals surface area contributed by atoms with Crippen LogP contribution >= 0.6 is 0 Å². The molecule has 4 aromatic carbocycles. The summed E-state index contributed by atoms with van der Waals surface area (Å²) in [6.07, 6.45) is 6.75. The fourth-order valence-corrected chi connectivity index (χ4v) is 5.93. The van der Waals surface area contributed by atoms with E-state index >= 15 is 0 Å². The molecule has 5 rings (SSSR count). The van der Waals surface area contributed by atoms with Gasteiger partial charge in [-0.25, -0.2) is 4.39 Å². The summed E-state index contributed by atoms with van der Waals surface area (Å²) >= 11 is 0. The predicted octanol–water partition coefficient (Wildman–Crippen LogP) is 11.1. The molecule has 0 unspecified atom stereocenters. The fourth-order valence-electron chi connectivity index (χ4n) is 5.93. The SMILES string of the molecule is CCC(CC)C(=O)/C=C(\O)C(CC)CC.Cc1[c-]c(-c2nccc3cc(-c4ccccc4)c4cc(F)ccc4c23)cc(C)c1.[Ir]. The molecule has 0 atom stereocenters. The standard InChI is InChI=1S/C27H19FN.C13H24O2.Ir/c1-17-12-18(2)14-21(13-17)27-26-20(10-11-29-27)15-24(19-6-4-3-5-7-19)25-16-22(28)8-9-23(25)26;1-5-10(6-2)12(14)9-13(15)11(7-3)8-4;/h3-13,15-16H,1-2H3;9-11,14H,5-8H2,1-4H3;/q-1;;/b;12-9-;. The van der Waals surface area contributed by atoms with Crippen molar-refractivity contribution in [2.24, 2.45) is 11.8 Å². The maximum Gasteiger partial charge on any atom is 0.162 e. The summed E-state index contributed by atoms with van der Waals surface area (Å²) in [7, 11) is 0. The number of carbonyl (C=O) groups excluding carboxylic acids is 1. The minimum Gasteiger partial charge on any atom is -0.512 e. The summed E-state index contributed by atoms with van der Waals surface area (Å²) in [6.45, 7) is 12.2. The van der Waals surface area contributed by atoms with Gasteiger partial charge in [-0.1, -0.05) is 77.9 Å². The topological polar surface area (TPSA) is 50.2 Å². The van der Waals surface area contributed by atoms with Crippen LogP contribution < -0.4 is 0 Å². The Kier molecular flexibility index (Phi) is 13.2. The molecular formula is C40H43FIrNO2-. The molecule has 1 radical (unpaired) electrons. The average Bonchev–Trinajstić information content (AvgIpc) is 3.01. The van der Waals surface area contributed by atoms with E-state index in [0.717, 1.165) is 75.2 Å². The van der Waals surface area contributed by atoms with Crippen molar-refractivity contribution in [3.8, 4) is 22.4 Å². The van der Waals surface area contributed by atoms with Crippen LogP contribution in [-0.2, 0) is 24.9 Å². The van der Waals surface area contributed by atoms with Gasteiger partial charge in [-0.15, -0.1) is 34.9 Å². The fraction of sp³-hybridized carbons (Fsp3) is 0.300. The molecule has 0 amide bonds. The molecule has 0 aliphatic heterocycles. The summed E-state index contributed by atoms with van der Waals surface area (Å²) in [4.78, 5) is 16.4. The molecule has 45 heavy (non-hydrogen) atoms. The van der Waals surface area contributed by atoms with Gasteiger partial charge in [0.15, 0.2) is 5.78 Å². The van der Waals surface area contributed by atoms with E-state index in [1.165, 1.54) is 17.7 Å². The van der Waals surface area contributed by atoms with E-state index in [4.69, 9.17) is 4.98 Å². The minimum atomic E-state index is -0.238. The molecule has 5 heteroatoms. The molecule has 0 aliphatic rings. The molecule has 237 valence electrons. The van der Waals surface area contributed by atoms with Crippen LogP contribution in [0.2, 0.25) is 0 Å². The van der Waals surface area contributed by atoms with Gasteiger partial charge in [-0.3, -0.25) is 4.79 Å². The number of aliphatic hydroxyl groups excluding tert-OH is 1. The van der Waals surface area contributed by atoms with Crippen LogP contribution in [0.15, 0.2) is 90.8 Å². The van der Waals surface area contributed by atoms with Gasteiger partial charge in [0, 0.05) is 44.2 Å². The van der Waals surface area contributed by atoms with Gasteiger partial charge in [0.25, 0.3) is 0 Å². The second-order valence-corrected chi connectivity index (χ2v) is 11.5. The molecule has 5 aromatic rings. The molecule has 0 fully saturated rings. The number of aliphatic hydroxyl groups is 1. The Balaban J connectivity index is 0.000000297. The van der Waals surface area contributed by atoms with Crippen LogP contribution in [0.3, 0.4) is 0 Å². The third-order valence-electron chi connectivity index (χ3n) is 8.39. The summed E-state index contributed by atoms with van der Waals surface area (Å²) in [5.74, 6) is 0.309. The number of aryl methyl sites for hydroxylation is 2. The van der Waals surface area contributed by atoms with E-state index in [2.05, 4.69) is 43.3 Å². The van der Waals surface area contributed by atoms with Gasteiger partial charge in [0.1, 0.15) is 5.82 Å². The molecular weight excluding hydrogens is 738 g/mol. The maximum atomic E-state index is 14.2. The molecule has 0 bridgehead atoms. The van der Waals surface area contributed by atoms with Gasteiger partial charge in [-0.05, 0) is 88.3 Å². The maximum absolute atomic E-state index is 14.2. The van der Waals surface area contributed by atoms with Crippen LogP contribution in [0.25, 0.3) is 43.9 Å². The van der Waals surface area contributed by atoms with Crippen molar-refractivity contribution in [2.75, 3.05) is 0 Å². The number of pyridine rings is 1. The number of hydrogen-bond acceptors (Lipinski definition) is 3. The van der Waals surface area contributed by atoms with Crippen molar-refractivity contribution in [3.05, 3.63) is 114 Å². The van der Waals surface area contributed by atoms with Crippen molar-refractivity contribution in [3.63, 3.8) is 0 Å². The number of aromatic nitrogens is 1. The Morgan fingerprint density at radius 2 is 1.53 bits per heavy atom. The predicted molar refractivity (Wildman–Crippen MR) is 182 cm³/mol. The van der Waals surface area contributed by atoms with E-state index in [-0.39, 0.29) is 49.3 Å². The van der Waals surface area contributed by atoms with E-state index in [1.807, 2.05) is 71.1 Å². The normalized spacial score (nSPS) is 11.4. The van der Waals surface area contributed by atoms with E-state index < -0.39 is 0 Å². The van der Waals surface area contributed by atoms with Crippen molar-refractivity contribution >= 4 is 27.3 Å². The van der Waals surface area contributed by atoms with E-state index in [1.54, 1.807) is 6.07 Å². The van der Waals surface area contributed by atoms with Gasteiger partial charge < -0.3 is 10.1 Å². The third kappa shape index (κ3) is 8.54. The average molecular weight is 781 g/mol. The van der Waals surface area contributed by atoms with Gasteiger partial charge in [0.2, 0.25) is 0 Å². The Hall–Kier alpha value is -3.66. The van der Waals surface area contributed by atoms with Gasteiger partial charge >= 0.3 is 0 Å². The molecule has 0 saturated carbocycles. The summed E-state index contributed by atoms with van der Waals surface area (Å²) in [6, 6.07) is 27.0. The summed E-state index contributed by atoms with van der Waals surface area (Å²) in [5, 5.41) is 13.8. The number of hydrogen-bond donors (Lipinski definition) is 1. The van der Waals surface area contributed by atoms with Crippen molar-refractivity contribution in [1.82, 2.24) is 4.98 Å². The zero-order chi connectivity index (χ0) is 31.8. The number of carbonyl (C=O) groups is 1. The van der Waals surface area contributed by atoms with Gasteiger partial charge in [-0.2, -0.15) is 0 Å². The van der Waals surface area contributed by atoms with Crippen molar-refractivity contribution < 1.29 is 34.4 Å². The van der Waals surface area contributed by atoms with Crippen molar-refractivity contribution in [2.45, 2.75) is 67.2 Å². The van der Waals surface area contributed by atoms with Crippen molar-refractivity contribution in [1.29, 1.82) is 0 Å². The number of fused-ring (bicyclic) bond motifs is 3. The number of benzene rings is 4. The van der Waals surface area contributed by atoms with Crippen LogP contribution in [0, 0.1) is 37.6 Å². The second-order valence-electron chi connectivity index (χ2n) is 11.5. The monoisotopic (exact) mass is 781 g/mol. The first-order valence-corrected chi connectivity index (χ1v) is 15.7. The molecule has 3 nitrogen and oxygen atoms in total. The molecule has 0 saturated heterocycles. The number of nitrogens with zero attached hydrogens (tertiary/aromatic N) is 1. The zero-order valence-corrected chi connectivity index (χ0v) is 29.5. The quantitative estimate of drug-likeness (QED) is 0.0701. The van der Waals surface area contributed by atoms with Gasteiger partial charge in [0.05, 0.1) is 5.76 Å². The first-order valence-electron chi connectivity index (χ1n) is 15.7. The smallest absolute Gasteiger partial charge is 0.162 e. The summed E-state index contributed by atoms with van der Waals surface area (Å²) < 4.78 is 14.2.